The van der Waals surface area contributed by atoms with Crippen LogP contribution in [0.4, 0.5) is 0 Å². The van der Waals surface area contributed by atoms with E-state index in [4.69, 9.17) is 4.98 Å². The third kappa shape index (κ3) is 3.24. The van der Waals surface area contributed by atoms with Gasteiger partial charge in [-0.1, -0.05) is 6.92 Å². The highest BCUT2D eigenvalue weighted by Crippen LogP contribution is 2.42. The minimum absolute atomic E-state index is 0.451. The normalized spacial score (nSPS) is 21.9. The second-order valence-corrected chi connectivity index (χ2v) is 7.05. The van der Waals surface area contributed by atoms with Crippen LogP contribution in [-0.4, -0.2) is 17.3 Å². The van der Waals surface area contributed by atoms with Gasteiger partial charge in [0.1, 0.15) is 5.01 Å². The van der Waals surface area contributed by atoms with Crippen molar-refractivity contribution in [2.24, 2.45) is 0 Å². The third-order valence-corrected chi connectivity index (χ3v) is 6.14. The van der Waals surface area contributed by atoms with Crippen LogP contribution in [0.5, 0.6) is 0 Å². The van der Waals surface area contributed by atoms with Crippen molar-refractivity contribution in [1.29, 1.82) is 0 Å². The maximum Gasteiger partial charge on any atom is 0.106 e. The van der Waals surface area contributed by atoms with Gasteiger partial charge in [-0.05, 0) is 45.4 Å². The van der Waals surface area contributed by atoms with Crippen LogP contribution in [0.25, 0.3) is 0 Å². The van der Waals surface area contributed by atoms with Gasteiger partial charge in [0.15, 0.2) is 0 Å². The van der Waals surface area contributed by atoms with E-state index in [1.807, 2.05) is 11.3 Å². The zero-order valence-corrected chi connectivity index (χ0v) is 12.6. The Hall–Kier alpha value is -0.0600. The van der Waals surface area contributed by atoms with Crippen LogP contribution >= 0.6 is 23.1 Å². The molecule has 2 unspecified atom stereocenters. The SMILES string of the molecule is CCCNC(C)c1sc(C2CCCS2)nc1C. The number of aromatic nitrogens is 1. The van der Waals surface area contributed by atoms with Crippen LogP contribution < -0.4 is 5.32 Å². The minimum Gasteiger partial charge on any atom is -0.309 e. The van der Waals surface area contributed by atoms with E-state index in [-0.39, 0.29) is 0 Å². The summed E-state index contributed by atoms with van der Waals surface area (Å²) in [7, 11) is 0. The van der Waals surface area contributed by atoms with Crippen molar-refractivity contribution in [2.75, 3.05) is 12.3 Å². The molecule has 0 aromatic carbocycles. The smallest absolute Gasteiger partial charge is 0.106 e. The molecule has 1 fully saturated rings. The summed E-state index contributed by atoms with van der Waals surface area (Å²) in [6, 6.07) is 0.451. The summed E-state index contributed by atoms with van der Waals surface area (Å²) in [5.41, 5.74) is 1.23. The molecule has 1 saturated heterocycles. The average Bonchev–Trinajstić information content (AvgIpc) is 2.94. The van der Waals surface area contributed by atoms with Crippen LogP contribution in [0.1, 0.15) is 60.0 Å². The molecule has 1 aromatic rings. The van der Waals surface area contributed by atoms with Gasteiger partial charge in [0.05, 0.1) is 10.9 Å². The molecule has 96 valence electrons. The topological polar surface area (TPSA) is 24.9 Å². The molecule has 0 saturated carbocycles. The fourth-order valence-electron chi connectivity index (χ4n) is 2.20. The molecule has 0 spiro atoms. The number of nitrogens with zero attached hydrogens (tertiary/aromatic N) is 1. The number of rotatable bonds is 5. The predicted molar refractivity (Wildman–Crippen MR) is 78.0 cm³/mol. The lowest BCUT2D eigenvalue weighted by atomic mass is 10.2. The van der Waals surface area contributed by atoms with Crippen molar-refractivity contribution >= 4 is 23.1 Å². The van der Waals surface area contributed by atoms with E-state index in [1.165, 1.54) is 40.6 Å². The summed E-state index contributed by atoms with van der Waals surface area (Å²) in [4.78, 5) is 6.21. The monoisotopic (exact) mass is 270 g/mol. The molecule has 2 rings (SSSR count). The summed E-state index contributed by atoms with van der Waals surface area (Å²) in [5, 5.41) is 5.58. The average molecular weight is 270 g/mol. The molecule has 2 atom stereocenters. The second kappa shape index (κ2) is 6.21. The van der Waals surface area contributed by atoms with Crippen LogP contribution in [0.15, 0.2) is 0 Å². The van der Waals surface area contributed by atoms with E-state index >= 15 is 0 Å². The van der Waals surface area contributed by atoms with Gasteiger partial charge in [0.2, 0.25) is 0 Å². The molecule has 0 radical (unpaired) electrons. The molecule has 17 heavy (non-hydrogen) atoms. The van der Waals surface area contributed by atoms with Crippen molar-refractivity contribution in [3.63, 3.8) is 0 Å². The van der Waals surface area contributed by atoms with Crippen LogP contribution in [-0.2, 0) is 0 Å². The summed E-state index contributed by atoms with van der Waals surface area (Å²) in [6.45, 7) is 7.70. The molecule has 1 aromatic heterocycles. The molecule has 2 nitrogen and oxygen atoms in total. The van der Waals surface area contributed by atoms with Crippen molar-refractivity contribution in [1.82, 2.24) is 10.3 Å². The maximum atomic E-state index is 4.78. The molecule has 1 aliphatic rings. The Morgan fingerprint density at radius 2 is 2.35 bits per heavy atom. The van der Waals surface area contributed by atoms with Crippen LogP contribution in [0.3, 0.4) is 0 Å². The Kier molecular flexibility index (Phi) is 4.88. The molecular formula is C13H22N2S2. The van der Waals surface area contributed by atoms with Gasteiger partial charge in [-0.25, -0.2) is 4.98 Å². The van der Waals surface area contributed by atoms with E-state index in [0.29, 0.717) is 11.3 Å². The molecular weight excluding hydrogens is 248 g/mol. The quantitative estimate of drug-likeness (QED) is 0.872. The Morgan fingerprint density at radius 1 is 1.53 bits per heavy atom. The van der Waals surface area contributed by atoms with Crippen molar-refractivity contribution in [3.05, 3.63) is 15.6 Å². The van der Waals surface area contributed by atoms with E-state index in [9.17, 15) is 0 Å². The van der Waals surface area contributed by atoms with Gasteiger partial charge in [-0.3, -0.25) is 0 Å². The maximum absolute atomic E-state index is 4.78. The van der Waals surface area contributed by atoms with Gasteiger partial charge in [-0.2, -0.15) is 11.8 Å². The highest BCUT2D eigenvalue weighted by Gasteiger charge is 2.23. The molecule has 0 bridgehead atoms. The van der Waals surface area contributed by atoms with Crippen LogP contribution in [0, 0.1) is 6.92 Å². The number of hydrogen-bond acceptors (Lipinski definition) is 4. The number of thioether (sulfide) groups is 1. The fourth-order valence-corrected chi connectivity index (χ4v) is 4.80. The van der Waals surface area contributed by atoms with Gasteiger partial charge < -0.3 is 5.32 Å². The number of nitrogens with one attached hydrogen (secondary N) is 1. The van der Waals surface area contributed by atoms with Gasteiger partial charge in [0.25, 0.3) is 0 Å². The molecule has 1 aliphatic heterocycles. The number of thiazole rings is 1. The van der Waals surface area contributed by atoms with Crippen molar-refractivity contribution < 1.29 is 0 Å². The highest BCUT2D eigenvalue weighted by atomic mass is 32.2. The van der Waals surface area contributed by atoms with E-state index < -0.39 is 0 Å². The van der Waals surface area contributed by atoms with Gasteiger partial charge >= 0.3 is 0 Å². The Morgan fingerprint density at radius 3 is 3.00 bits per heavy atom. The lowest BCUT2D eigenvalue weighted by molar-refractivity contribution is 0.575. The van der Waals surface area contributed by atoms with Gasteiger partial charge in [-0.15, -0.1) is 11.3 Å². The van der Waals surface area contributed by atoms with E-state index in [2.05, 4.69) is 37.8 Å². The first kappa shape index (κ1) is 13.4. The van der Waals surface area contributed by atoms with Crippen molar-refractivity contribution in [2.45, 2.75) is 51.3 Å². The van der Waals surface area contributed by atoms with Crippen molar-refractivity contribution in [3.8, 4) is 0 Å². The second-order valence-electron chi connectivity index (χ2n) is 4.68. The first-order valence-corrected chi connectivity index (χ1v) is 8.41. The first-order valence-electron chi connectivity index (χ1n) is 6.54. The minimum atomic E-state index is 0.451. The zero-order chi connectivity index (χ0) is 12.3. The van der Waals surface area contributed by atoms with E-state index in [1.54, 1.807) is 0 Å². The largest absolute Gasteiger partial charge is 0.309 e. The molecule has 2 heterocycles. The lowest BCUT2D eigenvalue weighted by Gasteiger charge is -2.11. The Bertz CT molecular complexity index is 356. The molecule has 0 aliphatic carbocycles. The summed E-state index contributed by atoms with van der Waals surface area (Å²) < 4.78 is 0. The summed E-state index contributed by atoms with van der Waals surface area (Å²) in [6.07, 6.45) is 3.86. The lowest BCUT2D eigenvalue weighted by Crippen LogP contribution is -2.18. The molecule has 0 amide bonds. The number of hydrogen-bond donors (Lipinski definition) is 1. The summed E-state index contributed by atoms with van der Waals surface area (Å²) in [5.74, 6) is 1.31. The fraction of sp³-hybridized carbons (Fsp3) is 0.769. The van der Waals surface area contributed by atoms with E-state index in [0.717, 1.165) is 6.54 Å². The first-order chi connectivity index (χ1) is 8.22. The van der Waals surface area contributed by atoms with Gasteiger partial charge in [0, 0.05) is 10.9 Å². The molecule has 4 heteroatoms. The molecule has 1 N–H and O–H groups in total. The standard InChI is InChI=1S/C13H22N2S2/c1-4-7-14-9(2)12-10(3)15-13(17-12)11-6-5-8-16-11/h9,11,14H,4-8H2,1-3H3. The predicted octanol–water partition coefficient (Wildman–Crippen LogP) is 4.08. The number of aryl methyl sites for hydroxylation is 1. The highest BCUT2D eigenvalue weighted by molar-refractivity contribution is 7.99. The Labute approximate surface area is 113 Å². The summed E-state index contributed by atoms with van der Waals surface area (Å²) >= 11 is 4.00. The van der Waals surface area contributed by atoms with Crippen LogP contribution in [0.2, 0.25) is 0 Å². The zero-order valence-electron chi connectivity index (χ0n) is 11.0. The third-order valence-electron chi connectivity index (χ3n) is 3.15. The Balaban J connectivity index is 2.06.